The Morgan fingerprint density at radius 2 is 1.70 bits per heavy atom. The SMILES string of the molecule is CC(C)(C)OC(=O)N(CC(C)(O)c1ccc(Br)cc1)S(C)(=O)=O. The van der Waals surface area contributed by atoms with Crippen LogP contribution < -0.4 is 0 Å². The Kier molecular flexibility index (Phi) is 5.88. The van der Waals surface area contributed by atoms with Crippen LogP contribution in [-0.2, 0) is 20.4 Å². The molecule has 0 aromatic heterocycles. The summed E-state index contributed by atoms with van der Waals surface area (Å²) in [6.07, 6.45) is -0.119. The molecule has 130 valence electrons. The van der Waals surface area contributed by atoms with Crippen LogP contribution >= 0.6 is 15.9 Å². The third-order valence-electron chi connectivity index (χ3n) is 2.92. The van der Waals surface area contributed by atoms with E-state index in [-0.39, 0.29) is 0 Å². The smallest absolute Gasteiger partial charge is 0.424 e. The van der Waals surface area contributed by atoms with Gasteiger partial charge in [0.1, 0.15) is 11.2 Å². The van der Waals surface area contributed by atoms with Crippen LogP contribution in [0.2, 0.25) is 0 Å². The molecule has 1 rings (SSSR count). The summed E-state index contributed by atoms with van der Waals surface area (Å²) in [5.74, 6) is 0. The van der Waals surface area contributed by atoms with Crippen LogP contribution in [0.3, 0.4) is 0 Å². The van der Waals surface area contributed by atoms with Gasteiger partial charge in [0.05, 0.1) is 12.8 Å². The zero-order valence-electron chi connectivity index (χ0n) is 13.8. The normalized spacial score (nSPS) is 14.9. The van der Waals surface area contributed by atoms with Crippen molar-refractivity contribution in [2.75, 3.05) is 12.8 Å². The first-order valence-corrected chi connectivity index (χ1v) is 9.56. The van der Waals surface area contributed by atoms with Crippen LogP contribution in [0.5, 0.6) is 0 Å². The first-order valence-electron chi connectivity index (χ1n) is 6.91. The van der Waals surface area contributed by atoms with Gasteiger partial charge in [0.15, 0.2) is 0 Å². The summed E-state index contributed by atoms with van der Waals surface area (Å²) in [4.78, 5) is 12.2. The lowest BCUT2D eigenvalue weighted by atomic mass is 9.96. The number of aliphatic hydroxyl groups is 1. The molecule has 0 fully saturated rings. The summed E-state index contributed by atoms with van der Waals surface area (Å²) < 4.78 is 30.3. The van der Waals surface area contributed by atoms with E-state index >= 15 is 0 Å². The molecule has 1 aromatic rings. The molecule has 23 heavy (non-hydrogen) atoms. The summed E-state index contributed by atoms with van der Waals surface area (Å²) in [5.41, 5.74) is -1.91. The Hall–Kier alpha value is -1.12. The number of rotatable bonds is 4. The summed E-state index contributed by atoms with van der Waals surface area (Å²) >= 11 is 3.29. The van der Waals surface area contributed by atoms with E-state index in [0.29, 0.717) is 9.87 Å². The second-order valence-electron chi connectivity index (χ2n) is 6.53. The van der Waals surface area contributed by atoms with Crippen LogP contribution in [0.15, 0.2) is 28.7 Å². The number of nitrogens with zero attached hydrogens (tertiary/aromatic N) is 1. The number of sulfonamides is 1. The first-order chi connectivity index (χ1) is 10.2. The molecule has 0 aliphatic carbocycles. The average Bonchev–Trinajstić information content (AvgIpc) is 2.33. The maximum absolute atomic E-state index is 12.2. The van der Waals surface area contributed by atoms with Crippen molar-refractivity contribution in [3.63, 3.8) is 0 Å². The molecule has 0 bridgehead atoms. The molecule has 6 nitrogen and oxygen atoms in total. The highest BCUT2D eigenvalue weighted by Crippen LogP contribution is 2.25. The molecular formula is C15H22BrNO5S. The molecule has 0 radical (unpaired) electrons. The van der Waals surface area contributed by atoms with Crippen LogP contribution in [-0.4, -0.2) is 42.3 Å². The van der Waals surface area contributed by atoms with E-state index in [1.807, 2.05) is 0 Å². The predicted octanol–water partition coefficient (Wildman–Crippen LogP) is 2.85. The largest absolute Gasteiger partial charge is 0.443 e. The zero-order valence-corrected chi connectivity index (χ0v) is 16.2. The fraction of sp³-hybridized carbons (Fsp3) is 0.533. The summed E-state index contributed by atoms with van der Waals surface area (Å²) in [6.45, 7) is 5.91. The van der Waals surface area contributed by atoms with Gasteiger partial charge in [0.25, 0.3) is 0 Å². The molecule has 0 heterocycles. The number of halogens is 1. The lowest BCUT2D eigenvalue weighted by Gasteiger charge is -2.32. The maximum Gasteiger partial charge on any atom is 0.424 e. The molecule has 1 N–H and O–H groups in total. The number of carbonyl (C=O) groups is 1. The zero-order chi connectivity index (χ0) is 18.1. The van der Waals surface area contributed by atoms with Gasteiger partial charge in [0, 0.05) is 4.47 Å². The minimum Gasteiger partial charge on any atom is -0.443 e. The number of benzene rings is 1. The molecule has 1 amide bonds. The minimum atomic E-state index is -3.90. The van der Waals surface area contributed by atoms with Gasteiger partial charge in [-0.05, 0) is 45.4 Å². The molecular weight excluding hydrogens is 386 g/mol. The van der Waals surface area contributed by atoms with E-state index < -0.39 is 33.9 Å². The van der Waals surface area contributed by atoms with Crippen LogP contribution in [0.1, 0.15) is 33.3 Å². The monoisotopic (exact) mass is 407 g/mol. The highest BCUT2D eigenvalue weighted by atomic mass is 79.9. The molecule has 1 unspecified atom stereocenters. The van der Waals surface area contributed by atoms with Gasteiger partial charge in [-0.25, -0.2) is 17.5 Å². The average molecular weight is 408 g/mol. The maximum atomic E-state index is 12.2. The summed E-state index contributed by atoms with van der Waals surface area (Å²) in [5, 5.41) is 10.6. The molecule has 0 aliphatic rings. The van der Waals surface area contributed by atoms with Gasteiger partial charge in [-0.2, -0.15) is 0 Å². The molecule has 8 heteroatoms. The number of hydrogen-bond acceptors (Lipinski definition) is 5. The standard InChI is InChI=1S/C15H22BrNO5S/c1-14(2,3)22-13(18)17(23(5,20)21)10-15(4,19)11-6-8-12(16)9-7-11/h6-9,19H,10H2,1-5H3. The second kappa shape index (κ2) is 6.78. The van der Waals surface area contributed by atoms with Crippen molar-refractivity contribution < 1.29 is 23.1 Å². The Labute approximate surface area is 145 Å². The van der Waals surface area contributed by atoms with Crippen molar-refractivity contribution >= 4 is 32.0 Å². The lowest BCUT2D eigenvalue weighted by molar-refractivity contribution is 0.00869. The summed E-state index contributed by atoms with van der Waals surface area (Å²) in [6, 6.07) is 6.75. The van der Waals surface area contributed by atoms with E-state index in [4.69, 9.17) is 4.74 Å². The fourth-order valence-electron chi connectivity index (χ4n) is 1.81. The summed E-state index contributed by atoms with van der Waals surface area (Å²) in [7, 11) is -3.90. The number of hydrogen-bond donors (Lipinski definition) is 1. The molecule has 0 aliphatic heterocycles. The first kappa shape index (κ1) is 19.9. The molecule has 1 aromatic carbocycles. The third kappa shape index (κ3) is 6.12. The van der Waals surface area contributed by atoms with Crippen molar-refractivity contribution in [3.8, 4) is 0 Å². The Morgan fingerprint density at radius 1 is 1.22 bits per heavy atom. The van der Waals surface area contributed by atoms with Crippen LogP contribution in [0, 0.1) is 0 Å². The molecule has 1 atom stereocenters. The molecule has 0 saturated carbocycles. The van der Waals surface area contributed by atoms with Crippen molar-refractivity contribution in [1.82, 2.24) is 4.31 Å². The van der Waals surface area contributed by atoms with Gasteiger partial charge < -0.3 is 9.84 Å². The van der Waals surface area contributed by atoms with E-state index in [1.165, 1.54) is 6.92 Å². The molecule has 0 spiro atoms. The Balaban J connectivity index is 3.10. The topological polar surface area (TPSA) is 83.9 Å². The predicted molar refractivity (Wildman–Crippen MR) is 91.5 cm³/mol. The Morgan fingerprint density at radius 3 is 2.09 bits per heavy atom. The van der Waals surface area contributed by atoms with Gasteiger partial charge >= 0.3 is 6.09 Å². The highest BCUT2D eigenvalue weighted by Gasteiger charge is 2.36. The lowest BCUT2D eigenvalue weighted by Crippen LogP contribution is -2.47. The highest BCUT2D eigenvalue weighted by molar-refractivity contribution is 9.10. The van der Waals surface area contributed by atoms with Gasteiger partial charge in [-0.1, -0.05) is 28.1 Å². The number of carbonyl (C=O) groups excluding carboxylic acids is 1. The van der Waals surface area contributed by atoms with Gasteiger partial charge in [-0.3, -0.25) is 0 Å². The third-order valence-corrected chi connectivity index (χ3v) is 4.52. The quantitative estimate of drug-likeness (QED) is 0.829. The van der Waals surface area contributed by atoms with Crippen molar-refractivity contribution in [2.24, 2.45) is 0 Å². The van der Waals surface area contributed by atoms with E-state index in [2.05, 4.69) is 15.9 Å². The fourth-order valence-corrected chi connectivity index (χ4v) is 2.87. The van der Waals surface area contributed by atoms with Crippen molar-refractivity contribution in [3.05, 3.63) is 34.3 Å². The van der Waals surface area contributed by atoms with E-state index in [0.717, 1.165) is 10.7 Å². The van der Waals surface area contributed by atoms with Crippen molar-refractivity contribution in [1.29, 1.82) is 0 Å². The van der Waals surface area contributed by atoms with Crippen LogP contribution in [0.25, 0.3) is 0 Å². The van der Waals surface area contributed by atoms with Crippen LogP contribution in [0.4, 0.5) is 4.79 Å². The van der Waals surface area contributed by atoms with Gasteiger partial charge in [-0.15, -0.1) is 0 Å². The Bertz CT molecular complexity index is 662. The second-order valence-corrected chi connectivity index (χ2v) is 9.35. The molecule has 0 saturated heterocycles. The van der Waals surface area contributed by atoms with E-state index in [1.54, 1.807) is 45.0 Å². The van der Waals surface area contributed by atoms with Gasteiger partial charge in [0.2, 0.25) is 10.0 Å². The number of amides is 1. The van der Waals surface area contributed by atoms with E-state index in [9.17, 15) is 18.3 Å². The minimum absolute atomic E-state index is 0.442. The number of ether oxygens (including phenoxy) is 1. The van der Waals surface area contributed by atoms with Crippen molar-refractivity contribution in [2.45, 2.75) is 38.9 Å².